The topological polar surface area (TPSA) is 80.4 Å². The highest BCUT2D eigenvalue weighted by Crippen LogP contribution is 2.20. The van der Waals surface area contributed by atoms with Crippen molar-refractivity contribution in [3.8, 4) is 11.6 Å². The molecule has 0 spiro atoms. The maximum Gasteiger partial charge on any atom is 0.239 e. The van der Waals surface area contributed by atoms with E-state index < -0.39 is 0 Å². The summed E-state index contributed by atoms with van der Waals surface area (Å²) in [5.41, 5.74) is 7.46. The first kappa shape index (κ1) is 14.0. The number of nitrogens with two attached hydrogens (primary N) is 1. The Morgan fingerprint density at radius 1 is 1.20 bits per heavy atom. The van der Waals surface area contributed by atoms with E-state index in [4.69, 9.17) is 10.5 Å². The lowest BCUT2D eigenvalue weighted by atomic mass is 10.1. The van der Waals surface area contributed by atoms with Gasteiger partial charge in [-0.15, -0.1) is 0 Å². The number of hydrogen-bond donors (Lipinski definition) is 3. The van der Waals surface area contributed by atoms with E-state index in [0.29, 0.717) is 18.2 Å². The Labute approximate surface area is 118 Å². The third kappa shape index (κ3) is 3.78. The summed E-state index contributed by atoms with van der Waals surface area (Å²) in [6, 6.07) is 10.8. The molecule has 1 aromatic heterocycles. The van der Waals surface area contributed by atoms with Crippen molar-refractivity contribution >= 4 is 11.5 Å². The molecule has 0 bridgehead atoms. The molecule has 0 fully saturated rings. The molecule has 0 atom stereocenters. The molecule has 0 aliphatic carbocycles. The molecule has 106 valence electrons. The first-order chi connectivity index (χ1) is 9.69. The molecule has 4 N–H and O–H groups in total. The second kappa shape index (κ2) is 6.65. The minimum atomic E-state index is 0.281. The Morgan fingerprint density at radius 3 is 2.65 bits per heavy atom. The summed E-state index contributed by atoms with van der Waals surface area (Å²) in [6.07, 6.45) is 0.844. The maximum absolute atomic E-state index is 9.22. The normalized spacial score (nSPS) is 10.2. The summed E-state index contributed by atoms with van der Waals surface area (Å²) in [6.45, 7) is 3.17. The van der Waals surface area contributed by atoms with Gasteiger partial charge in [0.2, 0.25) is 5.88 Å². The minimum Gasteiger partial charge on any atom is -0.508 e. The summed E-state index contributed by atoms with van der Waals surface area (Å²) < 4.78 is 5.35. The van der Waals surface area contributed by atoms with E-state index in [2.05, 4.69) is 10.3 Å². The predicted molar refractivity (Wildman–Crippen MR) is 80.1 cm³/mol. The maximum atomic E-state index is 9.22. The summed E-state index contributed by atoms with van der Waals surface area (Å²) in [5, 5.41) is 12.4. The van der Waals surface area contributed by atoms with Crippen LogP contribution >= 0.6 is 0 Å². The summed E-state index contributed by atoms with van der Waals surface area (Å²) in [4.78, 5) is 4.31. The van der Waals surface area contributed by atoms with E-state index in [0.717, 1.165) is 24.3 Å². The van der Waals surface area contributed by atoms with Crippen molar-refractivity contribution in [3.63, 3.8) is 0 Å². The quantitative estimate of drug-likeness (QED) is 0.753. The van der Waals surface area contributed by atoms with Gasteiger partial charge in [-0.2, -0.15) is 4.98 Å². The summed E-state index contributed by atoms with van der Waals surface area (Å²) in [5.74, 6) is 1.48. The smallest absolute Gasteiger partial charge is 0.239 e. The van der Waals surface area contributed by atoms with Crippen LogP contribution in [0, 0.1) is 0 Å². The van der Waals surface area contributed by atoms with Gasteiger partial charge in [0.05, 0.1) is 12.3 Å². The molecule has 20 heavy (non-hydrogen) atoms. The number of phenols is 1. The van der Waals surface area contributed by atoms with Crippen LogP contribution in [-0.2, 0) is 6.42 Å². The van der Waals surface area contributed by atoms with Crippen LogP contribution < -0.4 is 15.8 Å². The lowest BCUT2D eigenvalue weighted by molar-refractivity contribution is 0.329. The van der Waals surface area contributed by atoms with Crippen molar-refractivity contribution < 1.29 is 9.84 Å². The average molecular weight is 273 g/mol. The molecule has 0 aliphatic rings. The summed E-state index contributed by atoms with van der Waals surface area (Å²) >= 11 is 0. The highest BCUT2D eigenvalue weighted by molar-refractivity contribution is 5.53. The Hall–Kier alpha value is -2.43. The van der Waals surface area contributed by atoms with E-state index in [1.807, 2.05) is 25.1 Å². The number of hydrogen-bond acceptors (Lipinski definition) is 5. The molecule has 0 amide bonds. The number of aromatic nitrogens is 1. The van der Waals surface area contributed by atoms with Gasteiger partial charge in [-0.05, 0) is 43.2 Å². The van der Waals surface area contributed by atoms with Crippen LogP contribution in [0.3, 0.4) is 0 Å². The van der Waals surface area contributed by atoms with Gasteiger partial charge in [-0.3, -0.25) is 0 Å². The average Bonchev–Trinajstić information content (AvgIpc) is 2.45. The van der Waals surface area contributed by atoms with E-state index in [-0.39, 0.29) is 5.75 Å². The molecule has 0 radical (unpaired) electrons. The van der Waals surface area contributed by atoms with Crippen LogP contribution in [-0.4, -0.2) is 23.2 Å². The van der Waals surface area contributed by atoms with Gasteiger partial charge in [0.15, 0.2) is 0 Å². The third-order valence-electron chi connectivity index (χ3n) is 2.83. The van der Waals surface area contributed by atoms with Crippen molar-refractivity contribution in [2.24, 2.45) is 0 Å². The number of aromatic hydroxyl groups is 1. The lowest BCUT2D eigenvalue weighted by Crippen LogP contribution is -2.08. The number of pyridine rings is 1. The Morgan fingerprint density at radius 2 is 1.95 bits per heavy atom. The molecule has 1 aromatic carbocycles. The van der Waals surface area contributed by atoms with Gasteiger partial charge in [0.25, 0.3) is 0 Å². The van der Waals surface area contributed by atoms with Crippen molar-refractivity contribution in [1.29, 1.82) is 0 Å². The van der Waals surface area contributed by atoms with Gasteiger partial charge >= 0.3 is 0 Å². The second-order valence-electron chi connectivity index (χ2n) is 4.37. The lowest BCUT2D eigenvalue weighted by Gasteiger charge is -2.10. The molecule has 0 aliphatic heterocycles. The molecule has 2 aromatic rings. The van der Waals surface area contributed by atoms with Crippen molar-refractivity contribution in [3.05, 3.63) is 42.0 Å². The van der Waals surface area contributed by atoms with Gasteiger partial charge in [0.1, 0.15) is 11.6 Å². The van der Waals surface area contributed by atoms with Crippen LogP contribution in [0.2, 0.25) is 0 Å². The molecule has 1 heterocycles. The molecule has 2 rings (SSSR count). The molecule has 0 unspecified atom stereocenters. The standard InChI is InChI=1S/C15H19N3O2/c1-2-20-15-13(16)7-8-14(18-15)17-10-9-11-3-5-12(19)6-4-11/h3-8,19H,2,9-10,16H2,1H3,(H,17,18). The number of anilines is 2. The molecule has 0 saturated carbocycles. The molecular weight excluding hydrogens is 254 g/mol. The number of nitrogens with one attached hydrogen (secondary N) is 1. The zero-order valence-electron chi connectivity index (χ0n) is 11.5. The van der Waals surface area contributed by atoms with E-state index >= 15 is 0 Å². The Kier molecular flexibility index (Phi) is 4.65. The first-order valence-electron chi connectivity index (χ1n) is 6.60. The number of nitrogen functional groups attached to an aromatic ring is 1. The largest absolute Gasteiger partial charge is 0.508 e. The van der Waals surface area contributed by atoms with Gasteiger partial charge in [0, 0.05) is 6.54 Å². The van der Waals surface area contributed by atoms with Crippen molar-refractivity contribution in [2.45, 2.75) is 13.3 Å². The van der Waals surface area contributed by atoms with Crippen LogP contribution in [0.25, 0.3) is 0 Å². The molecular formula is C15H19N3O2. The fourth-order valence-corrected chi connectivity index (χ4v) is 1.80. The zero-order valence-corrected chi connectivity index (χ0v) is 11.5. The highest BCUT2D eigenvalue weighted by Gasteiger charge is 2.03. The van der Waals surface area contributed by atoms with Crippen LogP contribution in [0.5, 0.6) is 11.6 Å². The van der Waals surface area contributed by atoms with E-state index in [1.54, 1.807) is 18.2 Å². The highest BCUT2D eigenvalue weighted by atomic mass is 16.5. The van der Waals surface area contributed by atoms with E-state index in [1.165, 1.54) is 0 Å². The first-order valence-corrected chi connectivity index (χ1v) is 6.60. The van der Waals surface area contributed by atoms with Gasteiger partial charge in [-0.25, -0.2) is 0 Å². The van der Waals surface area contributed by atoms with Crippen LogP contribution in [0.1, 0.15) is 12.5 Å². The number of rotatable bonds is 6. The fraction of sp³-hybridized carbons (Fsp3) is 0.267. The number of ether oxygens (including phenoxy) is 1. The Balaban J connectivity index is 1.90. The number of nitrogens with zero attached hydrogens (tertiary/aromatic N) is 1. The fourth-order valence-electron chi connectivity index (χ4n) is 1.80. The van der Waals surface area contributed by atoms with Gasteiger partial charge < -0.3 is 20.9 Å². The predicted octanol–water partition coefficient (Wildman–Crippen LogP) is 2.42. The summed E-state index contributed by atoms with van der Waals surface area (Å²) in [7, 11) is 0. The zero-order chi connectivity index (χ0) is 14.4. The molecule has 5 nitrogen and oxygen atoms in total. The second-order valence-corrected chi connectivity index (χ2v) is 4.37. The van der Waals surface area contributed by atoms with Crippen molar-refractivity contribution in [2.75, 3.05) is 24.2 Å². The van der Waals surface area contributed by atoms with Crippen LogP contribution in [0.15, 0.2) is 36.4 Å². The van der Waals surface area contributed by atoms with Gasteiger partial charge in [-0.1, -0.05) is 12.1 Å². The third-order valence-corrected chi connectivity index (χ3v) is 2.83. The molecule has 0 saturated heterocycles. The van der Waals surface area contributed by atoms with Crippen LogP contribution in [0.4, 0.5) is 11.5 Å². The monoisotopic (exact) mass is 273 g/mol. The number of phenolic OH excluding ortho intramolecular Hbond substituents is 1. The minimum absolute atomic E-state index is 0.281. The van der Waals surface area contributed by atoms with Crippen molar-refractivity contribution in [1.82, 2.24) is 4.98 Å². The number of benzene rings is 1. The molecule has 5 heteroatoms. The Bertz CT molecular complexity index is 556. The SMILES string of the molecule is CCOc1nc(NCCc2ccc(O)cc2)ccc1N. The van der Waals surface area contributed by atoms with E-state index in [9.17, 15) is 5.11 Å².